The van der Waals surface area contributed by atoms with Gasteiger partial charge >= 0.3 is 0 Å². The standard InChI is InChI=1S/C19H22N4O3/c1-13-7-8-16(12-21-13)26-19-15(5-3-9-20-19)11-22-18(25)14(2)23-10-4-6-17(23)24/h3,5,7-9,12,14H,4,6,10-11H2,1-2H3,(H,22,25)/t14-/m0/s1. The van der Waals surface area contributed by atoms with E-state index in [2.05, 4.69) is 15.3 Å². The summed E-state index contributed by atoms with van der Waals surface area (Å²) in [6.45, 7) is 4.55. The summed E-state index contributed by atoms with van der Waals surface area (Å²) in [6, 6.07) is 6.83. The van der Waals surface area contributed by atoms with Crippen LogP contribution in [0.4, 0.5) is 0 Å². The Hall–Kier alpha value is -2.96. The molecule has 1 N–H and O–H groups in total. The lowest BCUT2D eigenvalue weighted by Gasteiger charge is -2.23. The van der Waals surface area contributed by atoms with Crippen LogP contribution in [-0.2, 0) is 16.1 Å². The molecule has 0 bridgehead atoms. The molecule has 1 atom stereocenters. The van der Waals surface area contributed by atoms with Crippen LogP contribution >= 0.6 is 0 Å². The van der Waals surface area contributed by atoms with Crippen molar-refractivity contribution in [2.24, 2.45) is 0 Å². The van der Waals surface area contributed by atoms with E-state index < -0.39 is 6.04 Å². The molecule has 0 aliphatic carbocycles. The molecule has 136 valence electrons. The number of likely N-dealkylation sites (tertiary alicyclic amines) is 1. The minimum Gasteiger partial charge on any atom is -0.437 e. The van der Waals surface area contributed by atoms with Gasteiger partial charge in [0.2, 0.25) is 17.7 Å². The van der Waals surface area contributed by atoms with Gasteiger partial charge in [-0.2, -0.15) is 0 Å². The monoisotopic (exact) mass is 354 g/mol. The molecule has 2 amide bonds. The third-order valence-corrected chi connectivity index (χ3v) is 4.36. The molecule has 1 aliphatic heterocycles. The van der Waals surface area contributed by atoms with Crippen molar-refractivity contribution in [1.29, 1.82) is 0 Å². The molecule has 7 nitrogen and oxygen atoms in total. The van der Waals surface area contributed by atoms with Crippen molar-refractivity contribution in [3.8, 4) is 11.6 Å². The van der Waals surface area contributed by atoms with Gasteiger partial charge in [0.1, 0.15) is 11.8 Å². The topological polar surface area (TPSA) is 84.4 Å². The van der Waals surface area contributed by atoms with E-state index in [0.717, 1.165) is 17.7 Å². The Balaban J connectivity index is 1.63. The van der Waals surface area contributed by atoms with Crippen molar-refractivity contribution < 1.29 is 14.3 Å². The summed E-state index contributed by atoms with van der Waals surface area (Å²) in [4.78, 5) is 34.2. The average molecular weight is 354 g/mol. The highest BCUT2D eigenvalue weighted by molar-refractivity contribution is 5.88. The molecule has 3 rings (SSSR count). The van der Waals surface area contributed by atoms with Crippen LogP contribution in [0.1, 0.15) is 31.0 Å². The van der Waals surface area contributed by atoms with Gasteiger partial charge in [-0.15, -0.1) is 0 Å². The van der Waals surface area contributed by atoms with Crippen LogP contribution in [0, 0.1) is 6.92 Å². The predicted octanol–water partition coefficient (Wildman–Crippen LogP) is 2.20. The lowest BCUT2D eigenvalue weighted by molar-refractivity contribution is -0.136. The molecule has 0 aromatic carbocycles. The first kappa shape index (κ1) is 17.8. The van der Waals surface area contributed by atoms with Gasteiger partial charge in [-0.25, -0.2) is 4.98 Å². The Bertz CT molecular complexity index is 792. The lowest BCUT2D eigenvalue weighted by atomic mass is 10.2. The third-order valence-electron chi connectivity index (χ3n) is 4.36. The fourth-order valence-electron chi connectivity index (χ4n) is 2.83. The summed E-state index contributed by atoms with van der Waals surface area (Å²) in [7, 11) is 0. The number of nitrogens with one attached hydrogen (secondary N) is 1. The van der Waals surface area contributed by atoms with Gasteiger partial charge in [0, 0.05) is 37.0 Å². The first-order chi connectivity index (χ1) is 12.5. The van der Waals surface area contributed by atoms with Crippen LogP contribution in [0.15, 0.2) is 36.7 Å². The molecular weight excluding hydrogens is 332 g/mol. The molecule has 3 heterocycles. The minimum atomic E-state index is -0.479. The van der Waals surface area contributed by atoms with E-state index in [0.29, 0.717) is 24.6 Å². The molecular formula is C19H22N4O3. The predicted molar refractivity (Wildman–Crippen MR) is 95.5 cm³/mol. The first-order valence-electron chi connectivity index (χ1n) is 8.66. The van der Waals surface area contributed by atoms with E-state index in [4.69, 9.17) is 4.74 Å². The third kappa shape index (κ3) is 4.17. The van der Waals surface area contributed by atoms with E-state index in [1.165, 1.54) is 0 Å². The summed E-state index contributed by atoms with van der Waals surface area (Å²) >= 11 is 0. The summed E-state index contributed by atoms with van der Waals surface area (Å²) in [6.07, 6.45) is 4.59. The Morgan fingerprint density at radius 3 is 2.88 bits per heavy atom. The molecule has 26 heavy (non-hydrogen) atoms. The maximum absolute atomic E-state index is 12.4. The number of aromatic nitrogens is 2. The van der Waals surface area contributed by atoms with E-state index in [1.54, 1.807) is 30.3 Å². The second kappa shape index (κ2) is 7.95. The van der Waals surface area contributed by atoms with E-state index in [9.17, 15) is 9.59 Å². The van der Waals surface area contributed by atoms with Gasteiger partial charge in [-0.1, -0.05) is 6.07 Å². The lowest BCUT2D eigenvalue weighted by Crippen LogP contribution is -2.45. The number of amides is 2. The number of ether oxygens (including phenoxy) is 1. The minimum absolute atomic E-state index is 0.0323. The van der Waals surface area contributed by atoms with Gasteiger partial charge in [0.05, 0.1) is 6.20 Å². The van der Waals surface area contributed by atoms with E-state index in [-0.39, 0.29) is 18.4 Å². The highest BCUT2D eigenvalue weighted by Gasteiger charge is 2.29. The zero-order valence-electron chi connectivity index (χ0n) is 14.9. The van der Waals surface area contributed by atoms with Gasteiger partial charge < -0.3 is 15.0 Å². The van der Waals surface area contributed by atoms with Crippen LogP contribution in [-0.4, -0.2) is 39.3 Å². The van der Waals surface area contributed by atoms with Crippen molar-refractivity contribution >= 4 is 11.8 Å². The SMILES string of the molecule is Cc1ccc(Oc2ncccc2CNC(=O)[C@H](C)N2CCCC2=O)cn1. The molecule has 7 heteroatoms. The van der Waals surface area contributed by atoms with Crippen molar-refractivity contribution in [3.05, 3.63) is 47.9 Å². The number of carbonyl (C=O) groups is 2. The molecule has 1 aliphatic rings. The van der Waals surface area contributed by atoms with Crippen molar-refractivity contribution in [3.63, 3.8) is 0 Å². The molecule has 1 fully saturated rings. The molecule has 0 unspecified atom stereocenters. The molecule has 0 radical (unpaired) electrons. The van der Waals surface area contributed by atoms with Crippen molar-refractivity contribution in [2.45, 2.75) is 39.3 Å². The summed E-state index contributed by atoms with van der Waals surface area (Å²) < 4.78 is 5.78. The quantitative estimate of drug-likeness (QED) is 0.860. The largest absolute Gasteiger partial charge is 0.437 e. The second-order valence-electron chi connectivity index (χ2n) is 6.29. The maximum atomic E-state index is 12.4. The smallest absolute Gasteiger partial charge is 0.242 e. The summed E-state index contributed by atoms with van der Waals surface area (Å²) in [5, 5.41) is 2.86. The van der Waals surface area contributed by atoms with E-state index in [1.807, 2.05) is 25.1 Å². The number of rotatable bonds is 6. The Kier molecular flexibility index (Phi) is 5.46. The van der Waals surface area contributed by atoms with Crippen LogP contribution in [0.5, 0.6) is 11.6 Å². The number of hydrogen-bond donors (Lipinski definition) is 1. The molecule has 0 saturated carbocycles. The summed E-state index contributed by atoms with van der Waals surface area (Å²) in [5.74, 6) is 0.846. The summed E-state index contributed by atoms with van der Waals surface area (Å²) in [5.41, 5.74) is 1.65. The van der Waals surface area contributed by atoms with Crippen LogP contribution in [0.3, 0.4) is 0 Å². The number of hydrogen-bond acceptors (Lipinski definition) is 5. The Labute approximate surface area is 152 Å². The van der Waals surface area contributed by atoms with Gasteiger partial charge in [0.25, 0.3) is 0 Å². The number of nitrogens with zero attached hydrogens (tertiary/aromatic N) is 3. The average Bonchev–Trinajstić information content (AvgIpc) is 3.08. The van der Waals surface area contributed by atoms with Crippen LogP contribution < -0.4 is 10.1 Å². The highest BCUT2D eigenvalue weighted by atomic mass is 16.5. The molecule has 2 aromatic heterocycles. The van der Waals surface area contributed by atoms with Gasteiger partial charge in [0.15, 0.2) is 0 Å². The Morgan fingerprint density at radius 1 is 1.35 bits per heavy atom. The van der Waals surface area contributed by atoms with Crippen LogP contribution in [0.25, 0.3) is 0 Å². The number of carbonyl (C=O) groups excluding carboxylic acids is 2. The number of pyridine rings is 2. The second-order valence-corrected chi connectivity index (χ2v) is 6.29. The van der Waals surface area contributed by atoms with Gasteiger partial charge in [-0.05, 0) is 38.5 Å². The van der Waals surface area contributed by atoms with E-state index >= 15 is 0 Å². The van der Waals surface area contributed by atoms with Crippen LogP contribution in [0.2, 0.25) is 0 Å². The Morgan fingerprint density at radius 2 is 2.19 bits per heavy atom. The van der Waals surface area contributed by atoms with Crippen molar-refractivity contribution in [2.75, 3.05) is 6.54 Å². The highest BCUT2D eigenvalue weighted by Crippen LogP contribution is 2.22. The molecule has 1 saturated heterocycles. The zero-order valence-corrected chi connectivity index (χ0v) is 14.9. The van der Waals surface area contributed by atoms with Gasteiger partial charge in [-0.3, -0.25) is 14.6 Å². The molecule has 2 aromatic rings. The fraction of sp³-hybridized carbons (Fsp3) is 0.368. The number of aryl methyl sites for hydroxylation is 1. The van der Waals surface area contributed by atoms with Crippen molar-refractivity contribution in [1.82, 2.24) is 20.2 Å². The molecule has 0 spiro atoms. The zero-order chi connectivity index (χ0) is 18.5. The fourth-order valence-corrected chi connectivity index (χ4v) is 2.83. The maximum Gasteiger partial charge on any atom is 0.242 e. The normalized spacial score (nSPS) is 15.0. The first-order valence-corrected chi connectivity index (χ1v) is 8.66.